The second-order valence-corrected chi connectivity index (χ2v) is 5.10. The molecule has 0 fully saturated rings. The molecule has 0 amide bonds. The van der Waals surface area contributed by atoms with Crippen LogP contribution in [0.15, 0.2) is 28.5 Å². The first-order valence-electron chi connectivity index (χ1n) is 4.45. The van der Waals surface area contributed by atoms with Crippen molar-refractivity contribution in [3.63, 3.8) is 0 Å². The average molecular weight is 227 g/mol. The van der Waals surface area contributed by atoms with Gasteiger partial charge in [-0.3, -0.25) is 0 Å². The molecule has 3 nitrogen and oxygen atoms in total. The predicted molar refractivity (Wildman–Crippen MR) is 55.5 cm³/mol. The first-order chi connectivity index (χ1) is 7.06. The van der Waals surface area contributed by atoms with Gasteiger partial charge in [-0.2, -0.15) is 0 Å². The highest BCUT2D eigenvalue weighted by Gasteiger charge is 2.28. The van der Waals surface area contributed by atoms with E-state index in [9.17, 15) is 12.8 Å². The van der Waals surface area contributed by atoms with Gasteiger partial charge in [0.1, 0.15) is 5.82 Å². The zero-order valence-corrected chi connectivity index (χ0v) is 8.94. The minimum atomic E-state index is -3.44. The van der Waals surface area contributed by atoms with Crippen molar-refractivity contribution in [2.75, 3.05) is 13.6 Å². The standard InChI is InChI=1S/C10H10FNO2S/c1-12-5-7-6-15(13,14)9-4-2-3-8(11)10(7)9/h2-4,6,12H,5H2,1H3. The molecule has 1 N–H and O–H groups in total. The van der Waals surface area contributed by atoms with Gasteiger partial charge in [0.15, 0.2) is 0 Å². The number of sulfone groups is 1. The average Bonchev–Trinajstić information content (AvgIpc) is 2.41. The molecule has 0 saturated carbocycles. The lowest BCUT2D eigenvalue weighted by Crippen LogP contribution is -2.09. The summed E-state index contributed by atoms with van der Waals surface area (Å²) < 4.78 is 36.7. The Morgan fingerprint density at radius 2 is 2.13 bits per heavy atom. The van der Waals surface area contributed by atoms with Crippen LogP contribution < -0.4 is 5.32 Å². The van der Waals surface area contributed by atoms with Gasteiger partial charge in [-0.05, 0) is 24.8 Å². The van der Waals surface area contributed by atoms with Crippen molar-refractivity contribution in [3.05, 3.63) is 35.0 Å². The van der Waals surface area contributed by atoms with Gasteiger partial charge in [-0.1, -0.05) is 6.07 Å². The lowest BCUT2D eigenvalue weighted by atomic mass is 10.1. The molecule has 2 rings (SSSR count). The molecule has 1 aromatic rings. The molecule has 0 radical (unpaired) electrons. The van der Waals surface area contributed by atoms with Crippen LogP contribution in [-0.4, -0.2) is 22.0 Å². The quantitative estimate of drug-likeness (QED) is 0.825. The molecule has 1 aliphatic rings. The minimum absolute atomic E-state index is 0.0627. The van der Waals surface area contributed by atoms with E-state index < -0.39 is 15.7 Å². The summed E-state index contributed by atoms with van der Waals surface area (Å²) in [7, 11) is -1.75. The van der Waals surface area contributed by atoms with Crippen LogP contribution >= 0.6 is 0 Å². The van der Waals surface area contributed by atoms with Crippen molar-refractivity contribution in [2.45, 2.75) is 4.90 Å². The minimum Gasteiger partial charge on any atom is -0.316 e. The number of likely N-dealkylation sites (N-methyl/N-ethyl adjacent to an activating group) is 1. The lowest BCUT2D eigenvalue weighted by Gasteiger charge is -2.04. The van der Waals surface area contributed by atoms with Crippen molar-refractivity contribution in [1.82, 2.24) is 5.32 Å². The predicted octanol–water partition coefficient (Wildman–Crippen LogP) is 1.17. The Balaban J connectivity index is 2.69. The molecule has 5 heteroatoms. The molecule has 1 aromatic carbocycles. The zero-order chi connectivity index (χ0) is 11.1. The Morgan fingerprint density at radius 3 is 2.80 bits per heavy atom. The second kappa shape index (κ2) is 3.43. The van der Waals surface area contributed by atoms with Crippen LogP contribution in [0.5, 0.6) is 0 Å². The van der Waals surface area contributed by atoms with E-state index >= 15 is 0 Å². The van der Waals surface area contributed by atoms with Gasteiger partial charge >= 0.3 is 0 Å². The third-order valence-corrected chi connectivity index (χ3v) is 3.82. The van der Waals surface area contributed by atoms with Gasteiger partial charge < -0.3 is 5.32 Å². The summed E-state index contributed by atoms with van der Waals surface area (Å²) >= 11 is 0. The highest BCUT2D eigenvalue weighted by Crippen LogP contribution is 2.34. The van der Waals surface area contributed by atoms with E-state index in [0.29, 0.717) is 12.1 Å². The van der Waals surface area contributed by atoms with Gasteiger partial charge in [0.05, 0.1) is 4.90 Å². The topological polar surface area (TPSA) is 46.2 Å². The molecule has 0 unspecified atom stereocenters. The van der Waals surface area contributed by atoms with Crippen LogP contribution in [-0.2, 0) is 9.84 Å². The number of rotatable bonds is 2. The summed E-state index contributed by atoms with van der Waals surface area (Å²) in [4.78, 5) is 0.0627. The van der Waals surface area contributed by atoms with Gasteiger partial charge in [-0.15, -0.1) is 0 Å². The summed E-state index contributed by atoms with van der Waals surface area (Å²) in [6.07, 6.45) is 0. The molecular weight excluding hydrogens is 217 g/mol. The maximum atomic E-state index is 13.5. The Bertz CT molecular complexity index is 534. The molecule has 0 aliphatic carbocycles. The van der Waals surface area contributed by atoms with Crippen molar-refractivity contribution >= 4 is 15.4 Å². The molecule has 80 valence electrons. The van der Waals surface area contributed by atoms with E-state index in [1.807, 2.05) is 0 Å². The number of fused-ring (bicyclic) bond motifs is 1. The van der Waals surface area contributed by atoms with Crippen molar-refractivity contribution in [3.8, 4) is 0 Å². The monoisotopic (exact) mass is 227 g/mol. The maximum absolute atomic E-state index is 13.5. The molecule has 0 saturated heterocycles. The second-order valence-electron chi connectivity index (χ2n) is 3.33. The van der Waals surface area contributed by atoms with Gasteiger partial charge in [0, 0.05) is 17.5 Å². The fourth-order valence-electron chi connectivity index (χ4n) is 1.68. The smallest absolute Gasteiger partial charge is 0.200 e. The van der Waals surface area contributed by atoms with Crippen molar-refractivity contribution < 1.29 is 12.8 Å². The van der Waals surface area contributed by atoms with Crippen LogP contribution in [0, 0.1) is 5.82 Å². The molecule has 1 aliphatic heterocycles. The molecule has 0 atom stereocenters. The van der Waals surface area contributed by atoms with E-state index in [-0.39, 0.29) is 10.5 Å². The summed E-state index contributed by atoms with van der Waals surface area (Å²) in [5.74, 6) is -0.491. The van der Waals surface area contributed by atoms with Crippen molar-refractivity contribution in [1.29, 1.82) is 0 Å². The van der Waals surface area contributed by atoms with Gasteiger partial charge in [0.2, 0.25) is 9.84 Å². The van der Waals surface area contributed by atoms with E-state index in [2.05, 4.69) is 5.32 Å². The molecule has 1 heterocycles. The molecule has 0 spiro atoms. The first kappa shape index (κ1) is 10.3. The Labute approximate surface area is 87.5 Å². The van der Waals surface area contributed by atoms with Crippen LogP contribution in [0.1, 0.15) is 5.56 Å². The fourth-order valence-corrected chi connectivity index (χ4v) is 3.17. The van der Waals surface area contributed by atoms with Crippen LogP contribution in [0.25, 0.3) is 5.57 Å². The molecule has 15 heavy (non-hydrogen) atoms. The van der Waals surface area contributed by atoms with Crippen molar-refractivity contribution in [2.24, 2.45) is 0 Å². The van der Waals surface area contributed by atoms with E-state index in [1.54, 1.807) is 7.05 Å². The molecule has 0 aromatic heterocycles. The van der Waals surface area contributed by atoms with E-state index in [4.69, 9.17) is 0 Å². The van der Waals surface area contributed by atoms with E-state index in [0.717, 1.165) is 5.41 Å². The van der Waals surface area contributed by atoms with Gasteiger partial charge in [-0.25, -0.2) is 12.8 Å². The number of nitrogens with one attached hydrogen (secondary N) is 1. The summed E-state index contributed by atoms with van der Waals surface area (Å²) in [6, 6.07) is 4.10. The molecular formula is C10H10FNO2S. The summed E-state index contributed by atoms with van der Waals surface area (Å²) in [6.45, 7) is 0.340. The Kier molecular flexibility index (Phi) is 2.36. The highest BCUT2D eigenvalue weighted by atomic mass is 32.2. The third-order valence-electron chi connectivity index (χ3n) is 2.27. The third kappa shape index (κ3) is 1.57. The SMILES string of the molecule is CNCC1=CS(=O)(=O)c2cccc(F)c21. The number of halogens is 1. The molecule has 0 bridgehead atoms. The number of benzene rings is 1. The van der Waals surface area contributed by atoms with E-state index in [1.165, 1.54) is 18.2 Å². The zero-order valence-electron chi connectivity index (χ0n) is 8.12. The number of hydrogen-bond donors (Lipinski definition) is 1. The van der Waals surface area contributed by atoms with Crippen LogP contribution in [0.3, 0.4) is 0 Å². The normalized spacial score (nSPS) is 17.3. The summed E-state index contributed by atoms with van der Waals surface area (Å²) in [5.41, 5.74) is 0.678. The lowest BCUT2D eigenvalue weighted by molar-refractivity contribution is 0.599. The summed E-state index contributed by atoms with van der Waals surface area (Å²) in [5, 5.41) is 3.94. The van der Waals surface area contributed by atoms with Crippen LogP contribution in [0.2, 0.25) is 0 Å². The Hall–Kier alpha value is -1.20. The Morgan fingerprint density at radius 1 is 1.40 bits per heavy atom. The maximum Gasteiger partial charge on any atom is 0.200 e. The first-order valence-corrected chi connectivity index (χ1v) is 6.00. The largest absolute Gasteiger partial charge is 0.316 e. The highest BCUT2D eigenvalue weighted by molar-refractivity contribution is 7.95. The number of hydrogen-bond acceptors (Lipinski definition) is 3. The van der Waals surface area contributed by atoms with Gasteiger partial charge in [0.25, 0.3) is 0 Å². The van der Waals surface area contributed by atoms with Crippen LogP contribution in [0.4, 0.5) is 4.39 Å². The fraction of sp³-hybridized carbons (Fsp3) is 0.200.